The summed E-state index contributed by atoms with van der Waals surface area (Å²) in [6.45, 7) is 0.739. The van der Waals surface area contributed by atoms with Crippen LogP contribution in [0.3, 0.4) is 0 Å². The molecule has 1 nitrogen and oxygen atoms in total. The average molecular weight is 375 g/mol. The molecule has 1 aromatic carbocycles. The Kier molecular flexibility index (Phi) is 5.43. The average Bonchev–Trinajstić information content (AvgIpc) is 2.09. The van der Waals surface area contributed by atoms with Crippen molar-refractivity contribution < 1.29 is 4.74 Å². The van der Waals surface area contributed by atoms with Gasteiger partial charge in [0.15, 0.2) is 0 Å². The molecule has 4 heteroatoms. The minimum absolute atomic E-state index is 0.739. The molecular weight excluding hydrogens is 366 g/mol. The van der Waals surface area contributed by atoms with E-state index in [1.165, 1.54) is 0 Å². The van der Waals surface area contributed by atoms with E-state index in [1.807, 2.05) is 18.2 Å². The van der Waals surface area contributed by atoms with Crippen LogP contribution in [0, 0.1) is 3.57 Å². The Morgan fingerprint density at radius 2 is 2.23 bits per heavy atom. The molecule has 0 aliphatic rings. The molecule has 0 spiro atoms. The van der Waals surface area contributed by atoms with Crippen LogP contribution in [0.1, 0.15) is 6.42 Å². The maximum absolute atomic E-state index is 5.81. The van der Waals surface area contributed by atoms with Gasteiger partial charge in [0.25, 0.3) is 0 Å². The van der Waals surface area contributed by atoms with Crippen molar-refractivity contribution in [3.8, 4) is 5.75 Å². The van der Waals surface area contributed by atoms with E-state index in [0.29, 0.717) is 0 Å². The maximum atomic E-state index is 5.81. The molecule has 0 unspecified atom stereocenters. The summed E-state index contributed by atoms with van der Waals surface area (Å²) in [6.07, 6.45) is 1.01. The molecule has 0 saturated carbocycles. The van der Waals surface area contributed by atoms with Crippen molar-refractivity contribution in [1.82, 2.24) is 0 Å². The summed E-state index contributed by atoms with van der Waals surface area (Å²) in [5.41, 5.74) is 0. The van der Waals surface area contributed by atoms with Crippen LogP contribution in [0.15, 0.2) is 18.2 Å². The van der Waals surface area contributed by atoms with Crippen LogP contribution in [0.4, 0.5) is 0 Å². The predicted octanol–water partition coefficient (Wildman–Crippen LogP) is 4.11. The number of hydrogen-bond donors (Lipinski definition) is 0. The summed E-state index contributed by atoms with van der Waals surface area (Å²) in [6, 6.07) is 5.64. The van der Waals surface area contributed by atoms with Gasteiger partial charge in [0.1, 0.15) is 5.75 Å². The highest BCUT2D eigenvalue weighted by molar-refractivity contribution is 14.1. The Balaban J connectivity index is 2.56. The molecule has 0 aliphatic heterocycles. The minimum atomic E-state index is 0.739. The molecule has 72 valence electrons. The Labute approximate surface area is 105 Å². The first kappa shape index (κ1) is 11.6. The van der Waals surface area contributed by atoms with Gasteiger partial charge in [-0.05, 0) is 47.2 Å². The summed E-state index contributed by atoms with van der Waals surface area (Å²) < 4.78 is 6.59. The van der Waals surface area contributed by atoms with Gasteiger partial charge in [-0.15, -0.1) is 0 Å². The Morgan fingerprint density at radius 3 is 2.85 bits per heavy atom. The van der Waals surface area contributed by atoms with Crippen molar-refractivity contribution >= 4 is 50.1 Å². The fraction of sp³-hybridized carbons (Fsp3) is 0.333. The Bertz CT molecular complexity index is 280. The van der Waals surface area contributed by atoms with Crippen molar-refractivity contribution in [2.45, 2.75) is 6.42 Å². The quantitative estimate of drug-likeness (QED) is 0.437. The summed E-state index contributed by atoms with van der Waals surface area (Å²) in [5, 5.41) is 1.72. The minimum Gasteiger partial charge on any atom is -0.492 e. The van der Waals surface area contributed by atoms with Gasteiger partial charge in [0, 0.05) is 10.4 Å². The van der Waals surface area contributed by atoms with Crippen LogP contribution in [0.2, 0.25) is 5.02 Å². The molecule has 1 aromatic rings. The fourth-order valence-electron chi connectivity index (χ4n) is 0.829. The van der Waals surface area contributed by atoms with E-state index < -0.39 is 0 Å². The molecule has 0 amide bonds. The monoisotopic (exact) mass is 374 g/mol. The van der Waals surface area contributed by atoms with E-state index in [9.17, 15) is 0 Å². The normalized spacial score (nSPS) is 10.1. The molecule has 0 atom stereocenters. The number of benzene rings is 1. The summed E-state index contributed by atoms with van der Waals surface area (Å²) in [4.78, 5) is 0. The first-order valence-corrected chi connectivity index (χ1v) is 6.45. The Hall–Kier alpha value is 0.520. The van der Waals surface area contributed by atoms with Crippen molar-refractivity contribution in [2.24, 2.45) is 0 Å². The smallest absolute Gasteiger partial charge is 0.132 e. The molecule has 13 heavy (non-hydrogen) atoms. The lowest BCUT2D eigenvalue weighted by Crippen LogP contribution is -1.98. The molecule has 0 radical (unpaired) electrons. The van der Waals surface area contributed by atoms with Crippen LogP contribution in [-0.4, -0.2) is 11.9 Å². The summed E-state index contributed by atoms with van der Waals surface area (Å²) in [5.74, 6) is 0.908. The van der Waals surface area contributed by atoms with Gasteiger partial charge in [-0.3, -0.25) is 0 Å². The van der Waals surface area contributed by atoms with Crippen molar-refractivity contribution in [1.29, 1.82) is 0 Å². The van der Waals surface area contributed by atoms with Crippen molar-refractivity contribution in [2.75, 3.05) is 11.9 Å². The first-order chi connectivity index (χ1) is 6.24. The topological polar surface area (TPSA) is 9.23 Å². The number of hydrogen-bond acceptors (Lipinski definition) is 1. The van der Waals surface area contributed by atoms with E-state index in [1.54, 1.807) is 0 Å². The zero-order chi connectivity index (χ0) is 9.68. The third-order valence-corrected chi connectivity index (χ3v) is 3.07. The van der Waals surface area contributed by atoms with Gasteiger partial charge in [0.2, 0.25) is 0 Å². The molecule has 0 heterocycles. The zero-order valence-corrected chi connectivity index (χ0v) is 11.4. The van der Waals surface area contributed by atoms with Gasteiger partial charge < -0.3 is 4.74 Å². The molecular formula is C9H9BrClIO. The molecule has 0 aromatic heterocycles. The maximum Gasteiger partial charge on any atom is 0.132 e. The van der Waals surface area contributed by atoms with Crippen LogP contribution in [0.25, 0.3) is 0 Å². The number of alkyl halides is 1. The lowest BCUT2D eigenvalue weighted by molar-refractivity contribution is 0.317. The zero-order valence-electron chi connectivity index (χ0n) is 6.90. The second kappa shape index (κ2) is 6.09. The molecule has 0 N–H and O–H groups in total. The molecule has 0 aliphatic carbocycles. The second-order valence-electron chi connectivity index (χ2n) is 2.47. The van der Waals surface area contributed by atoms with Gasteiger partial charge >= 0.3 is 0 Å². The molecule has 1 rings (SSSR count). The van der Waals surface area contributed by atoms with Crippen molar-refractivity contribution in [3.63, 3.8) is 0 Å². The van der Waals surface area contributed by atoms with Crippen LogP contribution in [0.5, 0.6) is 5.75 Å². The third-order valence-electron chi connectivity index (χ3n) is 1.43. The molecule has 0 fully saturated rings. The highest BCUT2D eigenvalue weighted by Crippen LogP contribution is 2.24. The largest absolute Gasteiger partial charge is 0.492 e. The highest BCUT2D eigenvalue weighted by atomic mass is 127. The fourth-order valence-corrected chi connectivity index (χ4v) is 2.09. The summed E-state index contributed by atoms with van der Waals surface area (Å²) in [7, 11) is 0. The van der Waals surface area contributed by atoms with E-state index in [2.05, 4.69) is 38.5 Å². The van der Waals surface area contributed by atoms with E-state index in [4.69, 9.17) is 16.3 Å². The standard InChI is InChI=1S/C9H9BrClIO/c10-4-1-5-13-9-3-2-7(11)6-8(9)12/h2-3,6H,1,4-5H2. The van der Waals surface area contributed by atoms with Gasteiger partial charge in [0.05, 0.1) is 10.2 Å². The summed E-state index contributed by atoms with van der Waals surface area (Å²) >= 11 is 11.4. The first-order valence-electron chi connectivity index (χ1n) is 3.88. The van der Waals surface area contributed by atoms with Crippen molar-refractivity contribution in [3.05, 3.63) is 26.8 Å². The molecule has 0 saturated heterocycles. The number of halogens is 3. The predicted molar refractivity (Wildman–Crippen MR) is 68.1 cm³/mol. The van der Waals surface area contributed by atoms with Crippen LogP contribution in [-0.2, 0) is 0 Å². The Morgan fingerprint density at radius 1 is 1.46 bits per heavy atom. The van der Waals surface area contributed by atoms with Gasteiger partial charge in [-0.2, -0.15) is 0 Å². The number of ether oxygens (including phenoxy) is 1. The van der Waals surface area contributed by atoms with Crippen LogP contribution < -0.4 is 4.74 Å². The second-order valence-corrected chi connectivity index (χ2v) is 4.86. The lowest BCUT2D eigenvalue weighted by atomic mass is 10.3. The van der Waals surface area contributed by atoms with E-state index in [-0.39, 0.29) is 0 Å². The van der Waals surface area contributed by atoms with Gasteiger partial charge in [-0.1, -0.05) is 27.5 Å². The van der Waals surface area contributed by atoms with E-state index >= 15 is 0 Å². The lowest BCUT2D eigenvalue weighted by Gasteiger charge is -2.06. The van der Waals surface area contributed by atoms with Crippen LogP contribution >= 0.6 is 50.1 Å². The third kappa shape index (κ3) is 4.04. The molecule has 0 bridgehead atoms. The number of rotatable bonds is 4. The van der Waals surface area contributed by atoms with Gasteiger partial charge in [-0.25, -0.2) is 0 Å². The van der Waals surface area contributed by atoms with E-state index in [0.717, 1.165) is 32.7 Å². The highest BCUT2D eigenvalue weighted by Gasteiger charge is 2.00. The SMILES string of the molecule is Clc1ccc(OCCCBr)c(I)c1.